The maximum Gasteiger partial charge on any atom is 0.100 e. The van der Waals surface area contributed by atoms with Crippen molar-refractivity contribution in [2.45, 2.75) is 26.4 Å². The van der Waals surface area contributed by atoms with Crippen molar-refractivity contribution in [3.8, 4) is 0 Å². The third kappa shape index (κ3) is 3.07. The van der Waals surface area contributed by atoms with Gasteiger partial charge in [-0.2, -0.15) is 0 Å². The van der Waals surface area contributed by atoms with Crippen LogP contribution in [0.25, 0.3) is 0 Å². The van der Waals surface area contributed by atoms with E-state index in [1.165, 1.54) is 22.5 Å². The summed E-state index contributed by atoms with van der Waals surface area (Å²) < 4.78 is 1.17. The molecule has 0 radical (unpaired) electrons. The minimum atomic E-state index is -0.608. The lowest BCUT2D eigenvalue weighted by molar-refractivity contribution is 0.179. The Hall–Kier alpha value is -0.540. The fourth-order valence-electron chi connectivity index (χ4n) is 1.84. The highest BCUT2D eigenvalue weighted by atomic mass is 35.5. The Labute approximate surface area is 121 Å². The van der Waals surface area contributed by atoms with E-state index >= 15 is 0 Å². The fourth-order valence-corrected chi connectivity index (χ4v) is 3.41. The molecule has 1 heterocycles. The number of aryl methyl sites for hydroxylation is 2. The Balaban J connectivity index is 2.18. The van der Waals surface area contributed by atoms with Gasteiger partial charge in [-0.05, 0) is 36.6 Å². The summed E-state index contributed by atoms with van der Waals surface area (Å²) in [4.78, 5) is 0. The van der Waals surface area contributed by atoms with Crippen molar-refractivity contribution in [2.75, 3.05) is 0 Å². The zero-order chi connectivity index (χ0) is 13.3. The van der Waals surface area contributed by atoms with Crippen molar-refractivity contribution < 1.29 is 5.11 Å². The molecule has 96 valence electrons. The molecule has 0 bridgehead atoms. The summed E-state index contributed by atoms with van der Waals surface area (Å²) in [6.07, 6.45) is -0.0585. The van der Waals surface area contributed by atoms with E-state index in [-0.39, 0.29) is 0 Å². The van der Waals surface area contributed by atoms with Gasteiger partial charge in [-0.3, -0.25) is 0 Å². The number of hydrogen-bond acceptors (Lipinski definition) is 2. The van der Waals surface area contributed by atoms with Crippen molar-refractivity contribution in [3.63, 3.8) is 0 Å². The van der Waals surface area contributed by atoms with E-state index in [9.17, 15) is 5.11 Å². The molecule has 0 aliphatic rings. The summed E-state index contributed by atoms with van der Waals surface area (Å²) in [5, 5.41) is 10.2. The molecule has 18 heavy (non-hydrogen) atoms. The Morgan fingerprint density at radius 3 is 2.44 bits per heavy atom. The summed E-state index contributed by atoms with van der Waals surface area (Å²) >= 11 is 13.2. The molecule has 1 atom stereocenters. The molecular formula is C14H14Cl2OS. The predicted molar refractivity (Wildman–Crippen MR) is 78.9 cm³/mol. The summed E-state index contributed by atoms with van der Waals surface area (Å²) in [6.45, 7) is 4.14. The van der Waals surface area contributed by atoms with Crippen LogP contribution in [0.5, 0.6) is 0 Å². The van der Waals surface area contributed by atoms with Gasteiger partial charge in [-0.1, -0.05) is 41.4 Å². The van der Waals surface area contributed by atoms with Gasteiger partial charge < -0.3 is 5.11 Å². The average Bonchev–Trinajstić information content (AvgIpc) is 2.63. The standard InChI is InChI=1S/C14H14Cl2OS/c1-8-3-4-10(5-9(8)2)6-12(17)11-7-13(15)18-14(11)16/h3-5,7,12,17H,6H2,1-2H3. The SMILES string of the molecule is Cc1ccc(CC(O)c2cc(Cl)sc2Cl)cc1C. The van der Waals surface area contributed by atoms with Gasteiger partial charge >= 0.3 is 0 Å². The minimum absolute atomic E-state index is 0.550. The zero-order valence-electron chi connectivity index (χ0n) is 10.2. The number of halogens is 2. The highest BCUT2D eigenvalue weighted by Gasteiger charge is 2.15. The van der Waals surface area contributed by atoms with Crippen LogP contribution >= 0.6 is 34.5 Å². The number of aliphatic hydroxyl groups excluding tert-OH is 1. The number of rotatable bonds is 3. The second-order valence-corrected chi connectivity index (χ2v) is 6.70. The maximum absolute atomic E-state index is 10.2. The van der Waals surface area contributed by atoms with Crippen LogP contribution in [-0.4, -0.2) is 5.11 Å². The van der Waals surface area contributed by atoms with Gasteiger partial charge in [0.05, 0.1) is 10.4 Å². The number of aliphatic hydroxyl groups is 1. The topological polar surface area (TPSA) is 20.2 Å². The Bertz CT molecular complexity index is 563. The minimum Gasteiger partial charge on any atom is -0.388 e. The third-order valence-electron chi connectivity index (χ3n) is 3.04. The first-order chi connectivity index (χ1) is 8.47. The van der Waals surface area contributed by atoms with E-state index in [0.717, 1.165) is 5.56 Å². The maximum atomic E-state index is 10.2. The third-order valence-corrected chi connectivity index (χ3v) is 4.56. The monoisotopic (exact) mass is 300 g/mol. The molecule has 1 unspecified atom stereocenters. The molecule has 2 aromatic rings. The zero-order valence-corrected chi connectivity index (χ0v) is 12.5. The fraction of sp³-hybridized carbons (Fsp3) is 0.286. The Morgan fingerprint density at radius 1 is 1.17 bits per heavy atom. The highest BCUT2D eigenvalue weighted by molar-refractivity contribution is 7.20. The largest absolute Gasteiger partial charge is 0.388 e. The van der Waals surface area contributed by atoms with Crippen molar-refractivity contribution in [1.29, 1.82) is 0 Å². The molecule has 0 saturated carbocycles. The van der Waals surface area contributed by atoms with Crippen LogP contribution in [0.2, 0.25) is 8.67 Å². The van der Waals surface area contributed by atoms with Gasteiger partial charge in [0.25, 0.3) is 0 Å². The molecule has 0 fully saturated rings. The quantitative estimate of drug-likeness (QED) is 0.850. The van der Waals surface area contributed by atoms with E-state index in [4.69, 9.17) is 23.2 Å². The van der Waals surface area contributed by atoms with Crippen molar-refractivity contribution in [1.82, 2.24) is 0 Å². The molecule has 2 rings (SSSR count). The van der Waals surface area contributed by atoms with Crippen LogP contribution in [0.4, 0.5) is 0 Å². The second kappa shape index (κ2) is 5.62. The van der Waals surface area contributed by atoms with Gasteiger partial charge in [0, 0.05) is 12.0 Å². The molecule has 0 saturated heterocycles. The summed E-state index contributed by atoms with van der Waals surface area (Å²) in [5.41, 5.74) is 4.30. The second-order valence-electron chi connectivity index (χ2n) is 4.42. The van der Waals surface area contributed by atoms with E-state index in [1.807, 2.05) is 6.07 Å². The molecule has 0 aliphatic heterocycles. The van der Waals surface area contributed by atoms with Crippen LogP contribution < -0.4 is 0 Å². The number of thiophene rings is 1. The number of hydrogen-bond donors (Lipinski definition) is 1. The van der Waals surface area contributed by atoms with E-state index < -0.39 is 6.10 Å². The Morgan fingerprint density at radius 2 is 1.89 bits per heavy atom. The lowest BCUT2D eigenvalue weighted by Gasteiger charge is -2.11. The van der Waals surface area contributed by atoms with Crippen LogP contribution in [-0.2, 0) is 6.42 Å². The number of benzene rings is 1. The molecule has 0 aliphatic carbocycles. The van der Waals surface area contributed by atoms with Crippen molar-refractivity contribution >= 4 is 34.5 Å². The van der Waals surface area contributed by atoms with Crippen LogP contribution in [0.1, 0.15) is 28.4 Å². The van der Waals surface area contributed by atoms with Gasteiger partial charge in [0.15, 0.2) is 0 Å². The van der Waals surface area contributed by atoms with Crippen LogP contribution in [0, 0.1) is 13.8 Å². The first kappa shape index (κ1) is 13.9. The van der Waals surface area contributed by atoms with Crippen LogP contribution in [0.15, 0.2) is 24.3 Å². The molecule has 0 amide bonds. The Kier molecular flexibility index (Phi) is 4.33. The normalized spacial score (nSPS) is 12.7. The summed E-state index contributed by atoms with van der Waals surface area (Å²) in [7, 11) is 0. The lowest BCUT2D eigenvalue weighted by Crippen LogP contribution is -2.01. The smallest absolute Gasteiger partial charge is 0.100 e. The van der Waals surface area contributed by atoms with Gasteiger partial charge in [0.2, 0.25) is 0 Å². The van der Waals surface area contributed by atoms with E-state index in [1.54, 1.807) is 6.07 Å². The molecular weight excluding hydrogens is 287 g/mol. The van der Waals surface area contributed by atoms with E-state index in [0.29, 0.717) is 20.7 Å². The van der Waals surface area contributed by atoms with Crippen molar-refractivity contribution in [3.05, 3.63) is 55.2 Å². The van der Waals surface area contributed by atoms with Gasteiger partial charge in [-0.25, -0.2) is 0 Å². The molecule has 4 heteroatoms. The lowest BCUT2D eigenvalue weighted by atomic mass is 10.00. The molecule has 0 spiro atoms. The molecule has 1 aromatic heterocycles. The van der Waals surface area contributed by atoms with Crippen molar-refractivity contribution in [2.24, 2.45) is 0 Å². The first-order valence-electron chi connectivity index (χ1n) is 5.66. The molecule has 1 aromatic carbocycles. The predicted octanol–water partition coefficient (Wildman–Crippen LogP) is 4.95. The molecule has 1 nitrogen and oxygen atoms in total. The average molecular weight is 301 g/mol. The summed E-state index contributed by atoms with van der Waals surface area (Å²) in [6, 6.07) is 7.94. The van der Waals surface area contributed by atoms with Crippen LogP contribution in [0.3, 0.4) is 0 Å². The first-order valence-corrected chi connectivity index (χ1v) is 7.23. The van der Waals surface area contributed by atoms with E-state index in [2.05, 4.69) is 26.0 Å². The van der Waals surface area contributed by atoms with Gasteiger partial charge in [0.1, 0.15) is 4.34 Å². The summed E-state index contributed by atoms with van der Waals surface area (Å²) in [5.74, 6) is 0. The molecule has 1 N–H and O–H groups in total. The van der Waals surface area contributed by atoms with Gasteiger partial charge in [-0.15, -0.1) is 11.3 Å². The highest BCUT2D eigenvalue weighted by Crippen LogP contribution is 2.36.